The zero-order chi connectivity index (χ0) is 21.0. The number of fused-ring (bicyclic) bond motifs is 1. The summed E-state index contributed by atoms with van der Waals surface area (Å²) >= 11 is 6.08. The molecule has 0 atom stereocenters. The van der Waals surface area contributed by atoms with Crippen molar-refractivity contribution in [2.75, 3.05) is 44.7 Å². The second-order valence-corrected chi connectivity index (χ2v) is 7.65. The molecule has 3 heterocycles. The first kappa shape index (κ1) is 19.9. The average molecular weight is 437 g/mol. The summed E-state index contributed by atoms with van der Waals surface area (Å²) in [6, 6.07) is 15.1. The van der Waals surface area contributed by atoms with Gasteiger partial charge in [0.1, 0.15) is 5.82 Å². The van der Waals surface area contributed by atoms with Crippen molar-refractivity contribution in [1.29, 1.82) is 0 Å². The normalized spacial score (nSPS) is 14.7. The third kappa shape index (κ3) is 4.51. The van der Waals surface area contributed by atoms with E-state index in [1.165, 1.54) is 0 Å². The van der Waals surface area contributed by atoms with Gasteiger partial charge < -0.3 is 14.5 Å². The number of halogens is 1. The van der Waals surface area contributed by atoms with Crippen molar-refractivity contribution < 1.29 is 9.15 Å². The molecule has 5 rings (SSSR count). The molecular formula is C22H21ClN6O2. The number of nitrogens with one attached hydrogen (secondary N) is 1. The number of ether oxygens (including phenoxy) is 1. The van der Waals surface area contributed by atoms with Gasteiger partial charge in [0.25, 0.3) is 5.89 Å². The molecule has 158 valence electrons. The average Bonchev–Trinajstić information content (AvgIpc) is 3.30. The van der Waals surface area contributed by atoms with Crippen LogP contribution in [0.5, 0.6) is 0 Å². The number of nitrogens with zero attached hydrogens (tertiary/aromatic N) is 5. The highest BCUT2D eigenvalue weighted by molar-refractivity contribution is 6.30. The molecular weight excluding hydrogens is 416 g/mol. The van der Waals surface area contributed by atoms with Gasteiger partial charge in [0.05, 0.1) is 18.7 Å². The number of rotatable bonds is 6. The molecule has 0 saturated carbocycles. The minimum Gasteiger partial charge on any atom is -0.413 e. The Morgan fingerprint density at radius 2 is 1.81 bits per heavy atom. The maximum Gasteiger partial charge on any atom is 0.286 e. The van der Waals surface area contributed by atoms with Gasteiger partial charge in [-0.25, -0.2) is 9.97 Å². The summed E-state index contributed by atoms with van der Waals surface area (Å²) in [5, 5.41) is 13.3. The molecule has 2 aromatic carbocycles. The maximum absolute atomic E-state index is 6.08. The van der Waals surface area contributed by atoms with Crippen molar-refractivity contribution >= 4 is 28.3 Å². The Labute approximate surface area is 184 Å². The lowest BCUT2D eigenvalue weighted by Crippen LogP contribution is -2.39. The predicted octanol–water partition coefficient (Wildman–Crippen LogP) is 3.74. The third-order valence-corrected chi connectivity index (χ3v) is 5.35. The van der Waals surface area contributed by atoms with Gasteiger partial charge in [0, 0.05) is 42.2 Å². The Hall–Kier alpha value is -3.07. The number of anilines is 1. The fourth-order valence-electron chi connectivity index (χ4n) is 3.52. The van der Waals surface area contributed by atoms with Gasteiger partial charge in [-0.3, -0.25) is 4.90 Å². The minimum absolute atomic E-state index is 0.261. The van der Waals surface area contributed by atoms with Crippen LogP contribution in [-0.4, -0.2) is 64.5 Å². The fraction of sp³-hybridized carbons (Fsp3) is 0.273. The van der Waals surface area contributed by atoms with Crippen LogP contribution in [-0.2, 0) is 4.74 Å². The molecule has 1 saturated heterocycles. The SMILES string of the molecule is Clc1cccc(-c2nnc(-c3nc(NCCN4CCOCC4)c4ccccc4n3)o2)c1. The maximum atomic E-state index is 6.08. The van der Waals surface area contributed by atoms with Crippen LogP contribution in [0.3, 0.4) is 0 Å². The number of morpholine rings is 1. The van der Waals surface area contributed by atoms with Crippen molar-refractivity contribution in [3.8, 4) is 23.2 Å². The largest absolute Gasteiger partial charge is 0.413 e. The van der Waals surface area contributed by atoms with E-state index in [9.17, 15) is 0 Å². The number of para-hydroxylation sites is 1. The molecule has 9 heteroatoms. The van der Waals surface area contributed by atoms with Crippen LogP contribution in [0.2, 0.25) is 5.02 Å². The zero-order valence-corrected chi connectivity index (χ0v) is 17.5. The molecule has 2 aromatic heterocycles. The summed E-state index contributed by atoms with van der Waals surface area (Å²) < 4.78 is 11.3. The number of hydrogen-bond donors (Lipinski definition) is 1. The van der Waals surface area contributed by atoms with Crippen molar-refractivity contribution in [2.45, 2.75) is 0 Å². The highest BCUT2D eigenvalue weighted by atomic mass is 35.5. The van der Waals surface area contributed by atoms with Crippen molar-refractivity contribution in [3.05, 3.63) is 53.6 Å². The lowest BCUT2D eigenvalue weighted by molar-refractivity contribution is 0.0398. The number of aromatic nitrogens is 4. The van der Waals surface area contributed by atoms with Gasteiger partial charge in [0.2, 0.25) is 11.7 Å². The van der Waals surface area contributed by atoms with Crippen LogP contribution in [0.15, 0.2) is 52.9 Å². The van der Waals surface area contributed by atoms with Crippen LogP contribution in [0, 0.1) is 0 Å². The highest BCUT2D eigenvalue weighted by Gasteiger charge is 2.17. The molecule has 0 aliphatic carbocycles. The lowest BCUT2D eigenvalue weighted by Gasteiger charge is -2.26. The lowest BCUT2D eigenvalue weighted by atomic mass is 10.2. The quantitative estimate of drug-likeness (QED) is 0.489. The Bertz CT molecular complexity index is 1190. The monoisotopic (exact) mass is 436 g/mol. The van der Waals surface area contributed by atoms with E-state index in [1.54, 1.807) is 12.1 Å². The molecule has 0 spiro atoms. The summed E-state index contributed by atoms with van der Waals surface area (Å²) in [5.74, 6) is 1.76. The van der Waals surface area contributed by atoms with E-state index in [1.807, 2.05) is 36.4 Å². The summed E-state index contributed by atoms with van der Waals surface area (Å²) in [7, 11) is 0. The van der Waals surface area contributed by atoms with E-state index < -0.39 is 0 Å². The second-order valence-electron chi connectivity index (χ2n) is 7.22. The van der Waals surface area contributed by atoms with Gasteiger partial charge >= 0.3 is 0 Å². The molecule has 31 heavy (non-hydrogen) atoms. The Balaban J connectivity index is 1.41. The molecule has 1 aliphatic rings. The van der Waals surface area contributed by atoms with E-state index in [0.717, 1.165) is 61.7 Å². The van der Waals surface area contributed by atoms with Gasteiger partial charge in [0.15, 0.2) is 0 Å². The summed E-state index contributed by atoms with van der Waals surface area (Å²) in [4.78, 5) is 11.7. The van der Waals surface area contributed by atoms with E-state index >= 15 is 0 Å². The Morgan fingerprint density at radius 3 is 2.68 bits per heavy atom. The van der Waals surface area contributed by atoms with E-state index in [-0.39, 0.29) is 5.89 Å². The van der Waals surface area contributed by atoms with Gasteiger partial charge in [-0.15, -0.1) is 10.2 Å². The molecule has 4 aromatic rings. The number of benzene rings is 2. The number of hydrogen-bond acceptors (Lipinski definition) is 8. The van der Waals surface area contributed by atoms with Gasteiger partial charge in [-0.1, -0.05) is 29.8 Å². The highest BCUT2D eigenvalue weighted by Crippen LogP contribution is 2.27. The standard InChI is InChI=1S/C22H21ClN6O2/c23-16-5-3-4-15(14-16)21-27-28-22(31-21)20-25-18-7-2-1-6-17(18)19(26-20)24-8-9-29-10-12-30-13-11-29/h1-7,14H,8-13H2,(H,24,25,26). The van der Waals surface area contributed by atoms with E-state index in [4.69, 9.17) is 25.7 Å². The molecule has 1 N–H and O–H groups in total. The summed E-state index contributed by atoms with van der Waals surface area (Å²) in [6.07, 6.45) is 0. The zero-order valence-electron chi connectivity index (χ0n) is 16.8. The van der Waals surface area contributed by atoms with Crippen LogP contribution in [0.1, 0.15) is 0 Å². The minimum atomic E-state index is 0.261. The summed E-state index contributed by atoms with van der Waals surface area (Å²) in [6.45, 7) is 5.14. The first-order valence-corrected chi connectivity index (χ1v) is 10.5. The molecule has 0 unspecified atom stereocenters. The van der Waals surface area contributed by atoms with Gasteiger partial charge in [-0.05, 0) is 30.3 Å². The molecule has 0 radical (unpaired) electrons. The van der Waals surface area contributed by atoms with E-state index in [2.05, 4.69) is 25.4 Å². The van der Waals surface area contributed by atoms with Crippen molar-refractivity contribution in [2.24, 2.45) is 0 Å². The first-order valence-electron chi connectivity index (χ1n) is 10.2. The predicted molar refractivity (Wildman–Crippen MR) is 119 cm³/mol. The molecule has 1 aliphatic heterocycles. The first-order chi connectivity index (χ1) is 15.3. The Morgan fingerprint density at radius 1 is 0.968 bits per heavy atom. The topological polar surface area (TPSA) is 89.2 Å². The molecule has 1 fully saturated rings. The summed E-state index contributed by atoms with van der Waals surface area (Å²) in [5.41, 5.74) is 1.56. The van der Waals surface area contributed by atoms with Crippen molar-refractivity contribution in [3.63, 3.8) is 0 Å². The van der Waals surface area contributed by atoms with Crippen LogP contribution in [0.25, 0.3) is 34.1 Å². The fourth-order valence-corrected chi connectivity index (χ4v) is 3.71. The van der Waals surface area contributed by atoms with Crippen LogP contribution >= 0.6 is 11.6 Å². The van der Waals surface area contributed by atoms with Crippen molar-refractivity contribution in [1.82, 2.24) is 25.1 Å². The molecule has 8 nitrogen and oxygen atoms in total. The molecule has 0 bridgehead atoms. The van der Waals surface area contributed by atoms with Crippen LogP contribution in [0.4, 0.5) is 5.82 Å². The van der Waals surface area contributed by atoms with Crippen LogP contribution < -0.4 is 5.32 Å². The molecule has 0 amide bonds. The third-order valence-electron chi connectivity index (χ3n) is 5.12. The smallest absolute Gasteiger partial charge is 0.286 e. The second kappa shape index (κ2) is 8.97. The van der Waals surface area contributed by atoms with Gasteiger partial charge in [-0.2, -0.15) is 0 Å². The van der Waals surface area contributed by atoms with E-state index in [0.29, 0.717) is 16.7 Å². The Kier molecular flexibility index (Phi) is 5.75.